The highest BCUT2D eigenvalue weighted by Gasteiger charge is 2.28. The summed E-state index contributed by atoms with van der Waals surface area (Å²) in [6, 6.07) is 0. The van der Waals surface area contributed by atoms with E-state index in [1.54, 1.807) is 0 Å². The molecule has 3 N–H and O–H groups in total. The summed E-state index contributed by atoms with van der Waals surface area (Å²) in [5.74, 6) is 1.11. The molecule has 1 aliphatic carbocycles. The van der Waals surface area contributed by atoms with Crippen LogP contribution in [0.1, 0.15) is 59.3 Å². The number of nitrogens with two attached hydrogens (primary N) is 1. The van der Waals surface area contributed by atoms with Gasteiger partial charge in [-0.1, -0.05) is 13.3 Å². The van der Waals surface area contributed by atoms with E-state index < -0.39 is 0 Å². The smallest absolute Gasteiger partial charge is 0.223 e. The Labute approximate surface area is 106 Å². The van der Waals surface area contributed by atoms with Gasteiger partial charge >= 0.3 is 0 Å². The Kier molecular flexibility index (Phi) is 5.44. The molecule has 0 aromatic carbocycles. The monoisotopic (exact) mass is 240 g/mol. The molecule has 1 saturated carbocycles. The third-order valence-corrected chi connectivity index (χ3v) is 3.89. The highest BCUT2D eigenvalue weighted by Crippen LogP contribution is 2.28. The molecule has 0 aromatic rings. The number of hydrogen-bond acceptors (Lipinski definition) is 2. The van der Waals surface area contributed by atoms with Crippen molar-refractivity contribution in [3.63, 3.8) is 0 Å². The van der Waals surface area contributed by atoms with Crippen molar-refractivity contribution in [2.75, 3.05) is 6.54 Å². The topological polar surface area (TPSA) is 55.1 Å². The number of carbonyl (C=O) groups excluding carboxylic acids is 1. The lowest BCUT2D eigenvalue weighted by molar-refractivity contribution is -0.127. The van der Waals surface area contributed by atoms with Crippen molar-refractivity contribution in [1.29, 1.82) is 0 Å². The van der Waals surface area contributed by atoms with Gasteiger partial charge in [-0.3, -0.25) is 4.79 Å². The Morgan fingerprint density at radius 1 is 1.29 bits per heavy atom. The first kappa shape index (κ1) is 14.5. The zero-order chi connectivity index (χ0) is 12.9. The Morgan fingerprint density at radius 2 is 1.88 bits per heavy atom. The standard InChI is InChI=1S/C14H28N2O/c1-4-9-14(2,3)16-13(17)12-7-5-11(10-15)6-8-12/h11-12H,4-10,15H2,1-3H3,(H,16,17). The SMILES string of the molecule is CCCC(C)(C)NC(=O)C1CCC(CN)CC1. The third kappa shape index (κ3) is 4.66. The largest absolute Gasteiger partial charge is 0.351 e. The molecular weight excluding hydrogens is 212 g/mol. The summed E-state index contributed by atoms with van der Waals surface area (Å²) >= 11 is 0. The van der Waals surface area contributed by atoms with Gasteiger partial charge in [-0.05, 0) is 58.4 Å². The van der Waals surface area contributed by atoms with Crippen molar-refractivity contribution >= 4 is 5.91 Å². The average Bonchev–Trinajstić information content (AvgIpc) is 2.28. The molecule has 0 spiro atoms. The molecule has 1 fully saturated rings. The van der Waals surface area contributed by atoms with Crippen LogP contribution in [0.25, 0.3) is 0 Å². The van der Waals surface area contributed by atoms with Gasteiger partial charge in [0.05, 0.1) is 0 Å². The highest BCUT2D eigenvalue weighted by molar-refractivity contribution is 5.79. The molecule has 1 aliphatic rings. The summed E-state index contributed by atoms with van der Waals surface area (Å²) in [6.07, 6.45) is 6.39. The van der Waals surface area contributed by atoms with Crippen molar-refractivity contribution < 1.29 is 4.79 Å². The summed E-state index contributed by atoms with van der Waals surface area (Å²) in [4.78, 5) is 12.1. The van der Waals surface area contributed by atoms with Gasteiger partial charge < -0.3 is 11.1 Å². The first-order chi connectivity index (χ1) is 7.98. The maximum Gasteiger partial charge on any atom is 0.223 e. The molecule has 3 heteroatoms. The van der Waals surface area contributed by atoms with Crippen LogP contribution in [-0.4, -0.2) is 18.0 Å². The summed E-state index contributed by atoms with van der Waals surface area (Å²) in [7, 11) is 0. The third-order valence-electron chi connectivity index (χ3n) is 3.89. The summed E-state index contributed by atoms with van der Waals surface area (Å²) < 4.78 is 0. The summed E-state index contributed by atoms with van der Waals surface area (Å²) in [5.41, 5.74) is 5.61. The van der Waals surface area contributed by atoms with Crippen LogP contribution in [0.4, 0.5) is 0 Å². The second-order valence-corrected chi connectivity index (χ2v) is 6.08. The molecule has 0 aliphatic heterocycles. The van der Waals surface area contributed by atoms with E-state index in [1.165, 1.54) is 0 Å². The molecule has 17 heavy (non-hydrogen) atoms. The van der Waals surface area contributed by atoms with Gasteiger partial charge in [-0.25, -0.2) is 0 Å². The van der Waals surface area contributed by atoms with E-state index in [0.29, 0.717) is 5.92 Å². The van der Waals surface area contributed by atoms with Crippen LogP contribution >= 0.6 is 0 Å². The predicted molar refractivity (Wildman–Crippen MR) is 71.6 cm³/mol. The molecule has 0 radical (unpaired) electrons. The van der Waals surface area contributed by atoms with Crippen LogP contribution in [0.15, 0.2) is 0 Å². The lowest BCUT2D eigenvalue weighted by atomic mass is 9.81. The predicted octanol–water partition coefficient (Wildman–Crippen LogP) is 2.45. The number of amides is 1. The minimum Gasteiger partial charge on any atom is -0.351 e. The van der Waals surface area contributed by atoms with E-state index >= 15 is 0 Å². The van der Waals surface area contributed by atoms with E-state index in [-0.39, 0.29) is 17.4 Å². The van der Waals surface area contributed by atoms with Gasteiger partial charge in [-0.2, -0.15) is 0 Å². The average molecular weight is 240 g/mol. The number of carbonyl (C=O) groups is 1. The van der Waals surface area contributed by atoms with E-state index in [0.717, 1.165) is 45.1 Å². The van der Waals surface area contributed by atoms with E-state index in [9.17, 15) is 4.79 Å². The maximum absolute atomic E-state index is 12.1. The summed E-state index contributed by atoms with van der Waals surface area (Å²) in [5, 5.41) is 3.19. The van der Waals surface area contributed by atoms with Gasteiger partial charge in [0.1, 0.15) is 0 Å². The van der Waals surface area contributed by atoms with Crippen LogP contribution in [0.2, 0.25) is 0 Å². The van der Waals surface area contributed by atoms with Crippen LogP contribution in [-0.2, 0) is 4.79 Å². The normalized spacial score (nSPS) is 25.6. The van der Waals surface area contributed by atoms with Gasteiger partial charge in [0.25, 0.3) is 0 Å². The molecule has 0 bridgehead atoms. The molecule has 1 amide bonds. The lowest BCUT2D eigenvalue weighted by Crippen LogP contribution is -2.46. The minimum absolute atomic E-state index is 0.0590. The number of hydrogen-bond donors (Lipinski definition) is 2. The molecule has 0 heterocycles. The molecule has 0 unspecified atom stereocenters. The second-order valence-electron chi connectivity index (χ2n) is 6.08. The molecule has 0 aromatic heterocycles. The summed E-state index contributed by atoms with van der Waals surface area (Å²) in [6.45, 7) is 7.15. The van der Waals surface area contributed by atoms with Crippen LogP contribution < -0.4 is 11.1 Å². The lowest BCUT2D eigenvalue weighted by Gasteiger charge is -2.31. The first-order valence-corrected chi connectivity index (χ1v) is 7.00. The quantitative estimate of drug-likeness (QED) is 0.775. The van der Waals surface area contributed by atoms with Gasteiger partial charge in [0, 0.05) is 11.5 Å². The van der Waals surface area contributed by atoms with E-state index in [2.05, 4.69) is 26.1 Å². The molecule has 100 valence electrons. The molecule has 0 saturated heterocycles. The Hall–Kier alpha value is -0.570. The van der Waals surface area contributed by atoms with Gasteiger partial charge in [0.2, 0.25) is 5.91 Å². The molecule has 0 atom stereocenters. The highest BCUT2D eigenvalue weighted by atomic mass is 16.2. The van der Waals surface area contributed by atoms with Crippen LogP contribution in [0, 0.1) is 11.8 Å². The maximum atomic E-state index is 12.1. The Morgan fingerprint density at radius 3 is 2.35 bits per heavy atom. The zero-order valence-corrected chi connectivity index (χ0v) is 11.6. The van der Waals surface area contributed by atoms with Crippen molar-refractivity contribution in [2.24, 2.45) is 17.6 Å². The zero-order valence-electron chi connectivity index (χ0n) is 11.6. The van der Waals surface area contributed by atoms with Crippen molar-refractivity contribution in [1.82, 2.24) is 5.32 Å². The second kappa shape index (κ2) is 6.39. The van der Waals surface area contributed by atoms with Gasteiger partial charge in [0.15, 0.2) is 0 Å². The number of nitrogens with one attached hydrogen (secondary N) is 1. The Bertz CT molecular complexity index is 243. The molecule has 1 rings (SSSR count). The van der Waals surface area contributed by atoms with E-state index in [1.807, 2.05) is 0 Å². The van der Waals surface area contributed by atoms with Crippen LogP contribution in [0.3, 0.4) is 0 Å². The van der Waals surface area contributed by atoms with E-state index in [4.69, 9.17) is 5.73 Å². The minimum atomic E-state index is -0.0590. The fourth-order valence-corrected chi connectivity index (χ4v) is 2.78. The molecule has 3 nitrogen and oxygen atoms in total. The van der Waals surface area contributed by atoms with Crippen molar-refractivity contribution in [3.05, 3.63) is 0 Å². The van der Waals surface area contributed by atoms with Crippen molar-refractivity contribution in [3.8, 4) is 0 Å². The van der Waals surface area contributed by atoms with Gasteiger partial charge in [-0.15, -0.1) is 0 Å². The van der Waals surface area contributed by atoms with Crippen molar-refractivity contribution in [2.45, 2.75) is 64.8 Å². The Balaban J connectivity index is 2.39. The number of rotatable bonds is 5. The fourth-order valence-electron chi connectivity index (χ4n) is 2.78. The first-order valence-electron chi connectivity index (χ1n) is 7.00. The van der Waals surface area contributed by atoms with Crippen LogP contribution in [0.5, 0.6) is 0 Å². The molecular formula is C14H28N2O. The fraction of sp³-hybridized carbons (Fsp3) is 0.929.